The zero-order chi connectivity index (χ0) is 15.6. The molecule has 0 radical (unpaired) electrons. The number of aromatic nitrogens is 1. The smallest absolute Gasteiger partial charge is 0.249 e. The molecule has 3 N–H and O–H groups in total. The van der Waals surface area contributed by atoms with Crippen LogP contribution in [0, 0.1) is 0 Å². The van der Waals surface area contributed by atoms with Crippen LogP contribution in [0.2, 0.25) is 0 Å². The van der Waals surface area contributed by atoms with E-state index >= 15 is 0 Å². The van der Waals surface area contributed by atoms with Crippen LogP contribution in [0.3, 0.4) is 0 Å². The van der Waals surface area contributed by atoms with E-state index in [-0.39, 0.29) is 16.8 Å². The molecule has 2 heterocycles. The van der Waals surface area contributed by atoms with Crippen molar-refractivity contribution in [2.24, 2.45) is 0 Å². The Bertz CT molecular complexity index is 587. The molecule has 0 aliphatic carbocycles. The largest absolute Gasteiger partial charge is 0.382 e. The van der Waals surface area contributed by atoms with E-state index in [4.69, 9.17) is 10.5 Å². The van der Waals surface area contributed by atoms with Gasteiger partial charge in [-0.25, -0.2) is 12.7 Å². The van der Waals surface area contributed by atoms with Gasteiger partial charge in [-0.1, -0.05) is 0 Å². The lowest BCUT2D eigenvalue weighted by atomic mass is 10.3. The minimum absolute atomic E-state index is 0.0157. The number of nitrogens with two attached hydrogens (primary N) is 1. The van der Waals surface area contributed by atoms with Gasteiger partial charge in [0.15, 0.2) is 10.7 Å². The first-order valence-electron chi connectivity index (χ1n) is 6.54. The topological polar surface area (TPSA) is 101 Å². The molecule has 1 aromatic heterocycles. The molecule has 1 unspecified atom stereocenters. The molecule has 1 fully saturated rings. The minimum Gasteiger partial charge on any atom is -0.382 e. The number of nitrogen functional groups attached to an aromatic ring is 1. The van der Waals surface area contributed by atoms with Crippen molar-refractivity contribution in [3.63, 3.8) is 0 Å². The highest BCUT2D eigenvalue weighted by molar-refractivity contribution is 7.89. The highest BCUT2D eigenvalue weighted by Crippen LogP contribution is 2.32. The van der Waals surface area contributed by atoms with Gasteiger partial charge in [-0.3, -0.25) is 0 Å². The van der Waals surface area contributed by atoms with Crippen LogP contribution in [0.25, 0.3) is 0 Å². The fraction of sp³-hybridized carbons (Fsp3) is 0.727. The lowest BCUT2D eigenvalue weighted by Gasteiger charge is -2.30. The second kappa shape index (κ2) is 6.44. The molecule has 1 atom stereocenters. The zero-order valence-corrected chi connectivity index (χ0v) is 14.0. The Morgan fingerprint density at radius 3 is 2.90 bits per heavy atom. The molecule has 1 aromatic rings. The number of sulfonamides is 1. The quantitative estimate of drug-likeness (QED) is 0.763. The molecule has 1 aliphatic heterocycles. The summed E-state index contributed by atoms with van der Waals surface area (Å²) in [5.74, 6) is 0.0258. The number of rotatable bonds is 5. The van der Waals surface area contributed by atoms with Crippen molar-refractivity contribution < 1.29 is 13.2 Å². The third-order valence-corrected chi connectivity index (χ3v) is 6.08. The van der Waals surface area contributed by atoms with Crippen LogP contribution in [-0.4, -0.2) is 75.5 Å². The Kier molecular flexibility index (Phi) is 5.04. The molecular weight excluding hydrogens is 314 g/mol. The van der Waals surface area contributed by atoms with Gasteiger partial charge in [-0.05, 0) is 18.6 Å². The standard InChI is InChI=1S/C11H21N5O3S2/c1-15(2)21(17,18)9-10(12)14-20-11(9)13-6-8-7-16(3)4-5-19-8/h8,13H,4-7H2,1-3H3,(H2,12,14). The van der Waals surface area contributed by atoms with Crippen molar-refractivity contribution >= 4 is 32.4 Å². The summed E-state index contributed by atoms with van der Waals surface area (Å²) in [4.78, 5) is 2.22. The van der Waals surface area contributed by atoms with Crippen molar-refractivity contribution in [3.05, 3.63) is 0 Å². The number of nitrogens with one attached hydrogen (secondary N) is 1. The summed E-state index contributed by atoms with van der Waals surface area (Å²) < 4.78 is 35.3. The number of morpholine rings is 1. The van der Waals surface area contributed by atoms with Crippen LogP contribution in [0.4, 0.5) is 10.8 Å². The number of hydrogen-bond donors (Lipinski definition) is 2. The number of ether oxygens (including phenoxy) is 1. The van der Waals surface area contributed by atoms with E-state index in [9.17, 15) is 8.42 Å². The van der Waals surface area contributed by atoms with Gasteiger partial charge in [0.1, 0.15) is 5.00 Å². The maximum Gasteiger partial charge on any atom is 0.249 e. The summed E-state index contributed by atoms with van der Waals surface area (Å²) in [7, 11) is 1.35. The summed E-state index contributed by atoms with van der Waals surface area (Å²) in [6.45, 7) is 2.90. The van der Waals surface area contributed by atoms with Gasteiger partial charge >= 0.3 is 0 Å². The maximum atomic E-state index is 12.3. The van der Waals surface area contributed by atoms with Crippen LogP contribution in [0.5, 0.6) is 0 Å². The summed E-state index contributed by atoms with van der Waals surface area (Å²) in [5, 5.41) is 3.56. The van der Waals surface area contributed by atoms with Crippen molar-refractivity contribution in [1.29, 1.82) is 0 Å². The second-order valence-corrected chi connectivity index (χ2v) is 8.01. The molecule has 21 heavy (non-hydrogen) atoms. The Balaban J connectivity index is 2.11. The molecule has 0 spiro atoms. The average molecular weight is 335 g/mol. The van der Waals surface area contributed by atoms with E-state index in [1.807, 2.05) is 7.05 Å². The van der Waals surface area contributed by atoms with E-state index in [1.165, 1.54) is 14.1 Å². The van der Waals surface area contributed by atoms with Gasteiger partial charge in [-0.2, -0.15) is 4.37 Å². The van der Waals surface area contributed by atoms with Crippen molar-refractivity contribution in [2.75, 3.05) is 58.4 Å². The van der Waals surface area contributed by atoms with Gasteiger partial charge < -0.3 is 20.7 Å². The number of nitrogens with zero attached hydrogens (tertiary/aromatic N) is 3. The summed E-state index contributed by atoms with van der Waals surface area (Å²) in [6.07, 6.45) is 0.0157. The van der Waals surface area contributed by atoms with E-state index in [1.54, 1.807) is 0 Å². The maximum absolute atomic E-state index is 12.3. The first-order chi connectivity index (χ1) is 9.82. The minimum atomic E-state index is -3.62. The highest BCUT2D eigenvalue weighted by Gasteiger charge is 2.28. The number of anilines is 2. The van der Waals surface area contributed by atoms with Crippen LogP contribution in [0.1, 0.15) is 0 Å². The van der Waals surface area contributed by atoms with E-state index in [0.29, 0.717) is 18.2 Å². The molecule has 1 saturated heterocycles. The average Bonchev–Trinajstić information content (AvgIpc) is 2.78. The van der Waals surface area contributed by atoms with Gasteiger partial charge in [0, 0.05) is 33.7 Å². The summed E-state index contributed by atoms with van der Waals surface area (Å²) >= 11 is 1.05. The molecular formula is C11H21N5O3S2. The number of likely N-dealkylation sites (N-methyl/N-ethyl adjacent to an activating group) is 1. The lowest BCUT2D eigenvalue weighted by Crippen LogP contribution is -2.43. The SMILES string of the molecule is CN1CCOC(CNc2snc(N)c2S(=O)(=O)N(C)C)C1. The van der Waals surface area contributed by atoms with Gasteiger partial charge in [0.05, 0.1) is 12.7 Å². The Morgan fingerprint density at radius 1 is 1.57 bits per heavy atom. The molecule has 120 valence electrons. The first-order valence-corrected chi connectivity index (χ1v) is 8.75. The second-order valence-electron chi connectivity index (χ2n) is 5.15. The Labute approximate surface area is 129 Å². The van der Waals surface area contributed by atoms with Gasteiger partial charge in [0.2, 0.25) is 10.0 Å². The first kappa shape index (κ1) is 16.4. The highest BCUT2D eigenvalue weighted by atomic mass is 32.2. The van der Waals surface area contributed by atoms with Crippen molar-refractivity contribution in [3.8, 4) is 0 Å². The molecule has 0 saturated carbocycles. The van der Waals surface area contributed by atoms with E-state index < -0.39 is 10.0 Å². The third-order valence-electron chi connectivity index (χ3n) is 3.24. The summed E-state index contributed by atoms with van der Waals surface area (Å²) in [6, 6.07) is 0. The molecule has 8 nitrogen and oxygen atoms in total. The summed E-state index contributed by atoms with van der Waals surface area (Å²) in [5.41, 5.74) is 5.71. The number of hydrogen-bond acceptors (Lipinski definition) is 8. The molecule has 0 bridgehead atoms. The fourth-order valence-corrected chi connectivity index (χ4v) is 4.12. The fourth-order valence-electron chi connectivity index (χ4n) is 2.04. The lowest BCUT2D eigenvalue weighted by molar-refractivity contribution is -0.0117. The van der Waals surface area contributed by atoms with Gasteiger partial charge in [-0.15, -0.1) is 0 Å². The predicted molar refractivity (Wildman–Crippen MR) is 83.1 cm³/mol. The van der Waals surface area contributed by atoms with Crippen LogP contribution >= 0.6 is 11.5 Å². The van der Waals surface area contributed by atoms with Gasteiger partial charge in [0.25, 0.3) is 0 Å². The van der Waals surface area contributed by atoms with E-state index in [2.05, 4.69) is 14.6 Å². The van der Waals surface area contributed by atoms with Crippen LogP contribution < -0.4 is 11.1 Å². The van der Waals surface area contributed by atoms with Crippen LogP contribution in [0.15, 0.2) is 4.90 Å². The third kappa shape index (κ3) is 3.64. The van der Waals surface area contributed by atoms with Crippen molar-refractivity contribution in [2.45, 2.75) is 11.0 Å². The molecule has 2 rings (SSSR count). The monoisotopic (exact) mass is 335 g/mol. The van der Waals surface area contributed by atoms with E-state index in [0.717, 1.165) is 28.9 Å². The Morgan fingerprint density at radius 2 is 2.29 bits per heavy atom. The molecule has 0 aromatic carbocycles. The molecule has 10 heteroatoms. The van der Waals surface area contributed by atoms with Crippen molar-refractivity contribution in [1.82, 2.24) is 13.6 Å². The molecule has 1 aliphatic rings. The normalized spacial score (nSPS) is 20.9. The molecule has 0 amide bonds. The zero-order valence-electron chi connectivity index (χ0n) is 12.4. The van der Waals surface area contributed by atoms with Crippen LogP contribution in [-0.2, 0) is 14.8 Å². The Hall–Kier alpha value is -0.940. The predicted octanol–water partition coefficient (Wildman–Crippen LogP) is -0.282.